The van der Waals surface area contributed by atoms with Gasteiger partial charge >= 0.3 is 7.37 Å². The first-order valence-electron chi connectivity index (χ1n) is 12.2. The minimum absolute atomic E-state index is 0.153. The molecule has 0 aliphatic carbocycles. The molecule has 0 heterocycles. The van der Waals surface area contributed by atoms with E-state index < -0.39 is 23.4 Å². The van der Waals surface area contributed by atoms with Gasteiger partial charge in [-0.15, -0.1) is 0 Å². The first-order valence-corrected chi connectivity index (χ1v) is 15.7. The van der Waals surface area contributed by atoms with Gasteiger partial charge in [-0.05, 0) is 88.2 Å². The highest BCUT2D eigenvalue weighted by Gasteiger charge is 2.35. The van der Waals surface area contributed by atoms with Crippen molar-refractivity contribution in [3.8, 4) is 5.75 Å². The summed E-state index contributed by atoms with van der Waals surface area (Å²) >= 11 is 6.34. The van der Waals surface area contributed by atoms with Gasteiger partial charge in [-0.3, -0.25) is 4.57 Å². The first-order chi connectivity index (χ1) is 17.9. The van der Waals surface area contributed by atoms with E-state index in [1.54, 1.807) is 61.5 Å². The molecule has 0 aliphatic rings. The second-order valence-electron chi connectivity index (χ2n) is 9.56. The predicted octanol–water partition coefficient (Wildman–Crippen LogP) is 6.92. The Kier molecular flexibility index (Phi) is 8.20. The fourth-order valence-corrected chi connectivity index (χ4v) is 8.57. The molecule has 5 nitrogen and oxygen atoms in total. The Labute approximate surface area is 230 Å². The highest BCUT2D eigenvalue weighted by Crippen LogP contribution is 2.49. The molecule has 4 rings (SSSR count). The van der Waals surface area contributed by atoms with Crippen LogP contribution in [0.25, 0.3) is 0 Å². The molecule has 38 heavy (non-hydrogen) atoms. The van der Waals surface area contributed by atoms with Crippen LogP contribution in [-0.4, -0.2) is 8.42 Å². The van der Waals surface area contributed by atoms with Crippen LogP contribution in [0.4, 0.5) is 0 Å². The molecule has 0 aromatic heterocycles. The zero-order chi connectivity index (χ0) is 27.7. The molecule has 0 aliphatic heterocycles. The van der Waals surface area contributed by atoms with Gasteiger partial charge < -0.3 is 4.52 Å². The van der Waals surface area contributed by atoms with Crippen LogP contribution in [0.1, 0.15) is 40.8 Å². The SMILES string of the molecule is Cc1ccc(S(=O)(=O)N[C@H](C)c2cc(Cl)ccc2O[P@@](=O)(c2ccccc2)c2c(C)cc(C)cc2C)cc1. The van der Waals surface area contributed by atoms with Gasteiger partial charge in [0.25, 0.3) is 0 Å². The summed E-state index contributed by atoms with van der Waals surface area (Å²) in [4.78, 5) is 0.153. The fraction of sp³-hybridized carbons (Fsp3) is 0.200. The molecule has 0 saturated carbocycles. The first kappa shape index (κ1) is 28.1. The van der Waals surface area contributed by atoms with Gasteiger partial charge in [0.05, 0.1) is 15.5 Å². The Bertz CT molecular complexity index is 1600. The van der Waals surface area contributed by atoms with Crippen LogP contribution in [0, 0.1) is 27.7 Å². The van der Waals surface area contributed by atoms with Gasteiger partial charge in [0.2, 0.25) is 10.0 Å². The number of sulfonamides is 1. The van der Waals surface area contributed by atoms with Crippen molar-refractivity contribution in [1.29, 1.82) is 0 Å². The normalized spacial score (nSPS) is 14.1. The fourth-order valence-electron chi connectivity index (χ4n) is 4.65. The summed E-state index contributed by atoms with van der Waals surface area (Å²) in [6.07, 6.45) is 0. The van der Waals surface area contributed by atoms with Crippen molar-refractivity contribution in [3.05, 3.63) is 118 Å². The lowest BCUT2D eigenvalue weighted by molar-refractivity contribution is 0.494. The number of benzene rings is 4. The Morgan fingerprint density at radius 1 is 0.816 bits per heavy atom. The molecule has 0 amide bonds. The van der Waals surface area contributed by atoms with Crippen LogP contribution in [0.2, 0.25) is 5.02 Å². The van der Waals surface area contributed by atoms with Crippen molar-refractivity contribution < 1.29 is 17.5 Å². The van der Waals surface area contributed by atoms with Crippen molar-refractivity contribution in [2.24, 2.45) is 0 Å². The molecule has 0 unspecified atom stereocenters. The van der Waals surface area contributed by atoms with Crippen molar-refractivity contribution in [2.75, 3.05) is 0 Å². The van der Waals surface area contributed by atoms with E-state index in [0.717, 1.165) is 22.3 Å². The Balaban J connectivity index is 1.80. The third-order valence-electron chi connectivity index (χ3n) is 6.35. The van der Waals surface area contributed by atoms with Crippen molar-refractivity contribution in [2.45, 2.75) is 45.6 Å². The topological polar surface area (TPSA) is 72.5 Å². The van der Waals surface area contributed by atoms with Gasteiger partial charge in [0.1, 0.15) is 5.75 Å². The zero-order valence-corrected chi connectivity index (χ0v) is 24.5. The summed E-state index contributed by atoms with van der Waals surface area (Å²) in [6, 6.07) is 23.9. The molecule has 0 saturated heterocycles. The third-order valence-corrected chi connectivity index (χ3v) is 10.9. The quantitative estimate of drug-likeness (QED) is 0.235. The van der Waals surface area contributed by atoms with E-state index in [9.17, 15) is 13.0 Å². The minimum atomic E-state index is -3.84. The van der Waals surface area contributed by atoms with Crippen LogP contribution in [0.3, 0.4) is 0 Å². The summed E-state index contributed by atoms with van der Waals surface area (Å²) in [5, 5.41) is 1.58. The van der Waals surface area contributed by atoms with E-state index in [4.69, 9.17) is 16.1 Å². The lowest BCUT2D eigenvalue weighted by atomic mass is 10.1. The Morgan fingerprint density at radius 3 is 2.03 bits per heavy atom. The maximum Gasteiger partial charge on any atom is 0.307 e. The summed E-state index contributed by atoms with van der Waals surface area (Å²) < 4.78 is 50.4. The molecule has 1 N–H and O–H groups in total. The number of nitrogens with one attached hydrogen (secondary N) is 1. The Morgan fingerprint density at radius 2 is 1.42 bits per heavy atom. The monoisotopic (exact) mass is 567 g/mol. The molecular formula is C30H31ClNO4PS. The average Bonchev–Trinajstić information content (AvgIpc) is 2.85. The number of hydrogen-bond donors (Lipinski definition) is 1. The standard InChI is InChI=1S/C30H31ClNO4PS/c1-20-11-14-27(15-12-20)38(34,35)32-24(5)28-19-25(31)13-16-29(28)36-37(33,26-9-7-6-8-10-26)30-22(3)17-21(2)18-23(30)4/h6-19,24,32H,1-5H3/t24-,37+/m1/s1. The molecule has 0 radical (unpaired) electrons. The maximum atomic E-state index is 14.9. The second-order valence-corrected chi connectivity index (χ2v) is 14.0. The summed E-state index contributed by atoms with van der Waals surface area (Å²) in [5.41, 5.74) is 4.22. The van der Waals surface area contributed by atoms with E-state index in [0.29, 0.717) is 26.9 Å². The number of rotatable bonds is 8. The van der Waals surface area contributed by atoms with Crippen molar-refractivity contribution >= 4 is 39.6 Å². The number of hydrogen-bond acceptors (Lipinski definition) is 4. The largest absolute Gasteiger partial charge is 0.436 e. The number of aryl methyl sites for hydroxylation is 4. The predicted molar refractivity (Wildman–Crippen MR) is 156 cm³/mol. The van der Waals surface area contributed by atoms with E-state index in [2.05, 4.69) is 4.72 Å². The maximum absolute atomic E-state index is 14.9. The molecule has 0 fully saturated rings. The third kappa shape index (κ3) is 5.89. The molecule has 0 bridgehead atoms. The minimum Gasteiger partial charge on any atom is -0.436 e. The van der Waals surface area contributed by atoms with Gasteiger partial charge in [-0.25, -0.2) is 13.1 Å². The van der Waals surface area contributed by atoms with Crippen LogP contribution in [0.5, 0.6) is 5.75 Å². The van der Waals surface area contributed by atoms with Gasteiger partial charge in [-0.2, -0.15) is 0 Å². The lowest BCUT2D eigenvalue weighted by Crippen LogP contribution is -2.28. The molecular weight excluding hydrogens is 537 g/mol. The van der Waals surface area contributed by atoms with E-state index in [1.807, 2.05) is 58.0 Å². The number of halogens is 1. The molecule has 0 spiro atoms. The second kappa shape index (κ2) is 11.1. The molecule has 2 atom stereocenters. The van der Waals surface area contributed by atoms with Crippen LogP contribution < -0.4 is 19.9 Å². The zero-order valence-electron chi connectivity index (χ0n) is 22.0. The van der Waals surface area contributed by atoms with Crippen molar-refractivity contribution in [1.82, 2.24) is 4.72 Å². The summed E-state index contributed by atoms with van der Waals surface area (Å²) in [6.45, 7) is 9.45. The molecule has 4 aromatic rings. The molecule has 8 heteroatoms. The van der Waals surface area contributed by atoms with E-state index in [1.165, 1.54) is 0 Å². The Hall–Kier alpha value is -2.89. The van der Waals surface area contributed by atoms with Crippen LogP contribution >= 0.6 is 19.0 Å². The molecule has 198 valence electrons. The van der Waals surface area contributed by atoms with Gasteiger partial charge in [0.15, 0.2) is 0 Å². The van der Waals surface area contributed by atoms with E-state index >= 15 is 0 Å². The lowest BCUT2D eigenvalue weighted by Gasteiger charge is -2.26. The highest BCUT2D eigenvalue weighted by molar-refractivity contribution is 7.89. The molecule has 4 aromatic carbocycles. The van der Waals surface area contributed by atoms with Crippen LogP contribution in [-0.2, 0) is 14.6 Å². The van der Waals surface area contributed by atoms with Gasteiger partial charge in [0, 0.05) is 16.6 Å². The summed E-state index contributed by atoms with van der Waals surface area (Å²) in [5.74, 6) is 0.292. The average molecular weight is 568 g/mol. The smallest absolute Gasteiger partial charge is 0.307 e. The van der Waals surface area contributed by atoms with Crippen LogP contribution in [0.15, 0.2) is 89.8 Å². The van der Waals surface area contributed by atoms with E-state index in [-0.39, 0.29) is 4.90 Å². The van der Waals surface area contributed by atoms with Gasteiger partial charge in [-0.1, -0.05) is 65.2 Å². The van der Waals surface area contributed by atoms with Crippen molar-refractivity contribution in [3.63, 3.8) is 0 Å². The highest BCUT2D eigenvalue weighted by atomic mass is 35.5. The summed E-state index contributed by atoms with van der Waals surface area (Å²) in [7, 11) is -7.50.